The second-order valence-electron chi connectivity index (χ2n) is 3.66. The number of hydrogen-bond acceptors (Lipinski definition) is 3. The Morgan fingerprint density at radius 3 is 2.67 bits per heavy atom. The van der Waals surface area contributed by atoms with Crippen LogP contribution in [0.1, 0.15) is 25.7 Å². The Morgan fingerprint density at radius 2 is 2.08 bits per heavy atom. The van der Waals surface area contributed by atoms with Crippen molar-refractivity contribution in [1.82, 2.24) is 0 Å². The highest BCUT2D eigenvalue weighted by atomic mass is 16.6. The standard InChI is InChI=1S/C9H17NO2/c10-6-7-3-4-9(12-7)8-2-1-5-11-8/h7-9H,1-6,10H2/t7-,8+,9+/m0/s1. The van der Waals surface area contributed by atoms with Gasteiger partial charge in [-0.3, -0.25) is 0 Å². The van der Waals surface area contributed by atoms with Crippen LogP contribution in [0.25, 0.3) is 0 Å². The van der Waals surface area contributed by atoms with Crippen molar-refractivity contribution >= 4 is 0 Å². The third-order valence-electron chi connectivity index (χ3n) is 2.78. The molecule has 3 nitrogen and oxygen atoms in total. The van der Waals surface area contributed by atoms with E-state index < -0.39 is 0 Å². The summed E-state index contributed by atoms with van der Waals surface area (Å²) in [6.45, 7) is 1.57. The second kappa shape index (κ2) is 3.73. The molecule has 12 heavy (non-hydrogen) atoms. The Balaban J connectivity index is 1.81. The maximum absolute atomic E-state index is 5.74. The van der Waals surface area contributed by atoms with Gasteiger partial charge in [-0.2, -0.15) is 0 Å². The fourth-order valence-electron chi connectivity index (χ4n) is 2.08. The normalized spacial score (nSPS) is 42.2. The summed E-state index contributed by atoms with van der Waals surface area (Å²) >= 11 is 0. The first-order valence-electron chi connectivity index (χ1n) is 4.87. The van der Waals surface area contributed by atoms with Crippen molar-refractivity contribution < 1.29 is 9.47 Å². The topological polar surface area (TPSA) is 44.5 Å². The van der Waals surface area contributed by atoms with E-state index in [1.807, 2.05) is 0 Å². The van der Waals surface area contributed by atoms with Crippen LogP contribution in [0.4, 0.5) is 0 Å². The summed E-state index contributed by atoms with van der Waals surface area (Å²) in [5.74, 6) is 0. The van der Waals surface area contributed by atoms with E-state index in [4.69, 9.17) is 15.2 Å². The molecule has 0 aromatic carbocycles. The van der Waals surface area contributed by atoms with Gasteiger partial charge in [-0.1, -0.05) is 0 Å². The van der Waals surface area contributed by atoms with Crippen molar-refractivity contribution in [2.24, 2.45) is 5.73 Å². The van der Waals surface area contributed by atoms with Crippen molar-refractivity contribution in [2.45, 2.75) is 44.0 Å². The highest BCUT2D eigenvalue weighted by molar-refractivity contribution is 4.82. The highest BCUT2D eigenvalue weighted by Gasteiger charge is 2.33. The molecular formula is C9H17NO2. The SMILES string of the molecule is NC[C@@H]1CC[C@H]([C@H]2CCCO2)O1. The van der Waals surface area contributed by atoms with E-state index in [9.17, 15) is 0 Å². The van der Waals surface area contributed by atoms with Crippen LogP contribution >= 0.6 is 0 Å². The Hall–Kier alpha value is -0.120. The van der Waals surface area contributed by atoms with E-state index in [1.165, 1.54) is 12.8 Å². The zero-order valence-electron chi connectivity index (χ0n) is 7.37. The van der Waals surface area contributed by atoms with Crippen molar-refractivity contribution in [1.29, 1.82) is 0 Å². The van der Waals surface area contributed by atoms with Crippen LogP contribution in [0, 0.1) is 0 Å². The maximum atomic E-state index is 5.74. The lowest BCUT2D eigenvalue weighted by Gasteiger charge is -2.18. The van der Waals surface area contributed by atoms with E-state index in [0.29, 0.717) is 24.9 Å². The van der Waals surface area contributed by atoms with Gasteiger partial charge in [-0.25, -0.2) is 0 Å². The molecule has 0 spiro atoms. The predicted octanol–water partition coefficient (Wildman–Crippen LogP) is 0.672. The van der Waals surface area contributed by atoms with Gasteiger partial charge in [0.25, 0.3) is 0 Å². The van der Waals surface area contributed by atoms with Crippen LogP contribution in [0.2, 0.25) is 0 Å². The highest BCUT2D eigenvalue weighted by Crippen LogP contribution is 2.28. The number of rotatable bonds is 2. The van der Waals surface area contributed by atoms with Gasteiger partial charge in [-0.05, 0) is 25.7 Å². The third kappa shape index (κ3) is 1.63. The predicted molar refractivity (Wildman–Crippen MR) is 45.9 cm³/mol. The first-order valence-corrected chi connectivity index (χ1v) is 4.87. The molecule has 2 saturated heterocycles. The fourth-order valence-corrected chi connectivity index (χ4v) is 2.08. The Bertz CT molecular complexity index is 145. The van der Waals surface area contributed by atoms with E-state index in [1.54, 1.807) is 0 Å². The van der Waals surface area contributed by atoms with Crippen LogP contribution in [-0.2, 0) is 9.47 Å². The van der Waals surface area contributed by atoms with Crippen LogP contribution < -0.4 is 5.73 Å². The van der Waals surface area contributed by atoms with Crippen LogP contribution in [0.5, 0.6) is 0 Å². The van der Waals surface area contributed by atoms with Gasteiger partial charge >= 0.3 is 0 Å². The first-order chi connectivity index (χ1) is 5.90. The molecule has 0 amide bonds. The lowest BCUT2D eigenvalue weighted by molar-refractivity contribution is -0.0420. The lowest BCUT2D eigenvalue weighted by atomic mass is 10.1. The zero-order valence-corrected chi connectivity index (χ0v) is 7.37. The third-order valence-corrected chi connectivity index (χ3v) is 2.78. The zero-order chi connectivity index (χ0) is 8.39. The van der Waals surface area contributed by atoms with Crippen molar-refractivity contribution in [2.75, 3.05) is 13.2 Å². The van der Waals surface area contributed by atoms with Gasteiger partial charge in [0.1, 0.15) is 0 Å². The van der Waals surface area contributed by atoms with Gasteiger partial charge in [0.2, 0.25) is 0 Å². The number of nitrogens with two attached hydrogens (primary N) is 1. The van der Waals surface area contributed by atoms with Crippen molar-refractivity contribution in [3.8, 4) is 0 Å². The van der Waals surface area contributed by atoms with Gasteiger partial charge in [0.15, 0.2) is 0 Å². The quantitative estimate of drug-likeness (QED) is 0.664. The molecule has 0 aromatic rings. The molecule has 2 rings (SSSR count). The summed E-state index contributed by atoms with van der Waals surface area (Å²) < 4.78 is 11.3. The van der Waals surface area contributed by atoms with E-state index in [0.717, 1.165) is 19.4 Å². The smallest absolute Gasteiger partial charge is 0.0842 e. The largest absolute Gasteiger partial charge is 0.376 e. The van der Waals surface area contributed by atoms with Crippen molar-refractivity contribution in [3.05, 3.63) is 0 Å². The maximum Gasteiger partial charge on any atom is 0.0842 e. The van der Waals surface area contributed by atoms with E-state index >= 15 is 0 Å². The molecule has 2 heterocycles. The van der Waals surface area contributed by atoms with Gasteiger partial charge in [-0.15, -0.1) is 0 Å². The first kappa shape index (κ1) is 8.48. The van der Waals surface area contributed by atoms with Gasteiger partial charge in [0, 0.05) is 13.2 Å². The molecule has 2 aliphatic rings. The average Bonchev–Trinajstić information content (AvgIpc) is 2.75. The van der Waals surface area contributed by atoms with E-state index in [2.05, 4.69) is 0 Å². The monoisotopic (exact) mass is 171 g/mol. The summed E-state index contributed by atoms with van der Waals surface area (Å²) in [5.41, 5.74) is 5.53. The lowest BCUT2D eigenvalue weighted by Crippen LogP contribution is -2.28. The number of hydrogen-bond donors (Lipinski definition) is 1. The Kier molecular flexibility index (Phi) is 2.63. The molecule has 0 aromatic heterocycles. The molecular weight excluding hydrogens is 154 g/mol. The molecule has 0 saturated carbocycles. The molecule has 2 fully saturated rings. The van der Waals surface area contributed by atoms with E-state index in [-0.39, 0.29) is 0 Å². The van der Waals surface area contributed by atoms with Crippen molar-refractivity contribution in [3.63, 3.8) is 0 Å². The summed E-state index contributed by atoms with van der Waals surface area (Å²) in [5, 5.41) is 0. The minimum Gasteiger partial charge on any atom is -0.376 e. The minimum absolute atomic E-state index is 0.291. The Morgan fingerprint density at radius 1 is 1.17 bits per heavy atom. The molecule has 3 atom stereocenters. The molecule has 0 unspecified atom stereocenters. The summed E-state index contributed by atoms with van der Waals surface area (Å²) in [6.07, 6.45) is 5.59. The molecule has 2 aliphatic heterocycles. The average molecular weight is 171 g/mol. The molecule has 0 radical (unpaired) electrons. The summed E-state index contributed by atoms with van der Waals surface area (Å²) in [7, 11) is 0. The minimum atomic E-state index is 0.291. The van der Waals surface area contributed by atoms with Gasteiger partial charge < -0.3 is 15.2 Å². The Labute approximate surface area is 73.2 Å². The molecule has 2 N–H and O–H groups in total. The van der Waals surface area contributed by atoms with Gasteiger partial charge in [0.05, 0.1) is 18.3 Å². The molecule has 3 heteroatoms. The van der Waals surface area contributed by atoms with Crippen LogP contribution in [0.3, 0.4) is 0 Å². The summed E-state index contributed by atoms with van der Waals surface area (Å²) in [4.78, 5) is 0. The number of ether oxygens (including phenoxy) is 2. The fraction of sp³-hybridized carbons (Fsp3) is 1.00. The van der Waals surface area contributed by atoms with Crippen LogP contribution in [0.15, 0.2) is 0 Å². The molecule has 0 aliphatic carbocycles. The summed E-state index contributed by atoms with van der Waals surface area (Å²) in [6, 6.07) is 0. The van der Waals surface area contributed by atoms with Crippen LogP contribution in [-0.4, -0.2) is 31.5 Å². The second-order valence-corrected chi connectivity index (χ2v) is 3.66. The molecule has 0 bridgehead atoms. The molecule has 70 valence electrons.